The molecular formula is C20H17N5. The first-order chi connectivity index (χ1) is 12.2. The Morgan fingerprint density at radius 3 is 1.64 bits per heavy atom. The van der Waals surface area contributed by atoms with Gasteiger partial charge in [-0.1, -0.05) is 6.58 Å². The summed E-state index contributed by atoms with van der Waals surface area (Å²) in [6.45, 7) is 6.01. The van der Waals surface area contributed by atoms with Gasteiger partial charge in [-0.15, -0.1) is 0 Å². The molecule has 0 saturated carbocycles. The average molecular weight is 327 g/mol. The molecule has 0 N–H and O–H groups in total. The van der Waals surface area contributed by atoms with E-state index in [2.05, 4.69) is 26.5 Å². The third kappa shape index (κ3) is 4.29. The maximum Gasteiger partial charge on any atom is 0.160 e. The third-order valence-corrected chi connectivity index (χ3v) is 3.56. The first kappa shape index (κ1) is 16.4. The highest BCUT2D eigenvalue weighted by Gasteiger charge is 2.06. The van der Waals surface area contributed by atoms with E-state index < -0.39 is 0 Å². The smallest absolute Gasteiger partial charge is 0.160 e. The number of rotatable bonds is 4. The van der Waals surface area contributed by atoms with Gasteiger partial charge in [-0.2, -0.15) is 0 Å². The molecule has 0 bridgehead atoms. The molecule has 0 fully saturated rings. The molecule has 25 heavy (non-hydrogen) atoms. The Balaban J connectivity index is 2.02. The lowest BCUT2D eigenvalue weighted by molar-refractivity contribution is 1.30. The van der Waals surface area contributed by atoms with E-state index in [9.17, 15) is 0 Å². The molecule has 3 aromatic heterocycles. The summed E-state index contributed by atoms with van der Waals surface area (Å²) in [4.78, 5) is 21.5. The maximum absolute atomic E-state index is 4.72. The third-order valence-electron chi connectivity index (χ3n) is 3.56. The molecule has 0 radical (unpaired) electrons. The van der Waals surface area contributed by atoms with E-state index >= 15 is 0 Å². The maximum atomic E-state index is 4.72. The van der Waals surface area contributed by atoms with Crippen molar-refractivity contribution >= 4 is 17.2 Å². The number of aromatic nitrogens is 3. The second-order valence-corrected chi connectivity index (χ2v) is 5.29. The lowest BCUT2D eigenvalue weighted by Gasteiger charge is -2.06. The molecule has 0 atom stereocenters. The topological polar surface area (TPSA) is 63.4 Å². The predicted octanol–water partition coefficient (Wildman–Crippen LogP) is 3.80. The molecule has 3 heterocycles. The van der Waals surface area contributed by atoms with Crippen LogP contribution in [0.2, 0.25) is 0 Å². The molecule has 0 aliphatic heterocycles. The summed E-state index contributed by atoms with van der Waals surface area (Å²) < 4.78 is 0. The van der Waals surface area contributed by atoms with Crippen LogP contribution in [0, 0.1) is 0 Å². The summed E-state index contributed by atoms with van der Waals surface area (Å²) in [6.07, 6.45) is 10.4. The Morgan fingerprint density at radius 2 is 1.12 bits per heavy atom. The molecule has 0 unspecified atom stereocenters. The van der Waals surface area contributed by atoms with Gasteiger partial charge in [-0.3, -0.25) is 15.0 Å². The van der Waals surface area contributed by atoms with Crippen LogP contribution in [-0.4, -0.2) is 26.5 Å². The zero-order chi connectivity index (χ0) is 17.5. The molecule has 3 rings (SSSR count). The molecule has 0 aliphatic rings. The standard InChI is InChI=1S/C20H17N5/c1-15(17-3-9-21-10-4-17)24-20(19-7-13-23-14-8-19)25-16(2)18-5-11-22-12-6-18/h3-14H,1H2,2H3/b24-20-,25-16+. The van der Waals surface area contributed by atoms with Gasteiger partial charge in [0.1, 0.15) is 0 Å². The molecule has 0 aliphatic carbocycles. The Labute approximate surface area is 146 Å². The van der Waals surface area contributed by atoms with Crippen molar-refractivity contribution < 1.29 is 0 Å². The minimum Gasteiger partial charge on any atom is -0.265 e. The van der Waals surface area contributed by atoms with Gasteiger partial charge in [-0.05, 0) is 48.9 Å². The Kier molecular flexibility index (Phi) is 5.16. The molecule has 0 saturated heterocycles. The summed E-state index contributed by atoms with van der Waals surface area (Å²) >= 11 is 0. The number of aliphatic imine (C=N–C) groups is 2. The minimum absolute atomic E-state index is 0.582. The van der Waals surface area contributed by atoms with E-state index in [1.807, 2.05) is 43.3 Å². The summed E-state index contributed by atoms with van der Waals surface area (Å²) in [5.74, 6) is 0.582. The number of hydrogen-bond acceptors (Lipinski definition) is 4. The van der Waals surface area contributed by atoms with Crippen molar-refractivity contribution in [3.8, 4) is 0 Å². The van der Waals surface area contributed by atoms with Gasteiger partial charge in [0.2, 0.25) is 0 Å². The van der Waals surface area contributed by atoms with Gasteiger partial charge in [-0.25, -0.2) is 9.98 Å². The fourth-order valence-corrected chi connectivity index (χ4v) is 2.21. The lowest BCUT2D eigenvalue weighted by Crippen LogP contribution is -2.04. The van der Waals surface area contributed by atoms with E-state index in [0.29, 0.717) is 11.5 Å². The van der Waals surface area contributed by atoms with Gasteiger partial charge in [0.05, 0.1) is 5.70 Å². The molecular weight excluding hydrogens is 310 g/mol. The van der Waals surface area contributed by atoms with E-state index in [0.717, 1.165) is 22.4 Å². The summed E-state index contributed by atoms with van der Waals surface area (Å²) in [5, 5.41) is 0. The highest BCUT2D eigenvalue weighted by atomic mass is 14.9. The van der Waals surface area contributed by atoms with Crippen molar-refractivity contribution in [3.63, 3.8) is 0 Å². The summed E-state index contributed by atoms with van der Waals surface area (Å²) in [6, 6.07) is 11.3. The first-order valence-electron chi connectivity index (χ1n) is 7.78. The SMILES string of the molecule is C=C(/N=C(\N=C(/C)c1ccncc1)c1ccncc1)c1ccncc1. The van der Waals surface area contributed by atoms with Crippen LogP contribution in [0.1, 0.15) is 23.6 Å². The number of hydrogen-bond donors (Lipinski definition) is 0. The molecule has 122 valence electrons. The quantitative estimate of drug-likeness (QED) is 0.541. The number of amidine groups is 1. The molecule has 5 heteroatoms. The molecule has 5 nitrogen and oxygen atoms in total. The van der Waals surface area contributed by atoms with Crippen LogP contribution in [0.4, 0.5) is 0 Å². The first-order valence-corrected chi connectivity index (χ1v) is 7.78. The average Bonchev–Trinajstić information content (AvgIpc) is 2.69. The van der Waals surface area contributed by atoms with Gasteiger partial charge in [0.15, 0.2) is 5.84 Å². The Bertz CT molecular complexity index is 901. The van der Waals surface area contributed by atoms with E-state index in [1.165, 1.54) is 0 Å². The predicted molar refractivity (Wildman–Crippen MR) is 100 cm³/mol. The van der Waals surface area contributed by atoms with Gasteiger partial charge >= 0.3 is 0 Å². The molecule has 0 amide bonds. The largest absolute Gasteiger partial charge is 0.265 e. The number of nitrogens with zero attached hydrogens (tertiary/aromatic N) is 5. The van der Waals surface area contributed by atoms with E-state index in [-0.39, 0.29) is 0 Å². The Morgan fingerprint density at radius 1 is 0.680 bits per heavy atom. The second kappa shape index (κ2) is 7.88. The van der Waals surface area contributed by atoms with Crippen molar-refractivity contribution in [2.75, 3.05) is 0 Å². The second-order valence-electron chi connectivity index (χ2n) is 5.29. The minimum atomic E-state index is 0.582. The van der Waals surface area contributed by atoms with Crippen molar-refractivity contribution in [3.05, 3.63) is 96.8 Å². The van der Waals surface area contributed by atoms with Crippen LogP contribution in [0.15, 0.2) is 90.1 Å². The van der Waals surface area contributed by atoms with Crippen LogP contribution in [0.25, 0.3) is 5.70 Å². The van der Waals surface area contributed by atoms with Crippen LogP contribution >= 0.6 is 0 Å². The zero-order valence-corrected chi connectivity index (χ0v) is 13.9. The molecule has 0 spiro atoms. The van der Waals surface area contributed by atoms with Crippen LogP contribution < -0.4 is 0 Å². The fraction of sp³-hybridized carbons (Fsp3) is 0.0500. The Hall–Kier alpha value is -3.47. The van der Waals surface area contributed by atoms with Crippen molar-refractivity contribution in [2.24, 2.45) is 9.98 Å². The van der Waals surface area contributed by atoms with Crippen molar-refractivity contribution in [1.82, 2.24) is 15.0 Å². The summed E-state index contributed by atoms with van der Waals surface area (Å²) in [5.41, 5.74) is 4.24. The van der Waals surface area contributed by atoms with Gasteiger partial charge < -0.3 is 0 Å². The molecule has 3 aromatic rings. The van der Waals surface area contributed by atoms with E-state index in [1.54, 1.807) is 37.2 Å². The van der Waals surface area contributed by atoms with Crippen LogP contribution in [0.5, 0.6) is 0 Å². The van der Waals surface area contributed by atoms with Crippen LogP contribution in [0.3, 0.4) is 0 Å². The fourth-order valence-electron chi connectivity index (χ4n) is 2.21. The van der Waals surface area contributed by atoms with Gasteiger partial charge in [0, 0.05) is 54.0 Å². The van der Waals surface area contributed by atoms with Crippen LogP contribution in [-0.2, 0) is 0 Å². The molecule has 0 aromatic carbocycles. The monoisotopic (exact) mass is 327 g/mol. The highest BCUT2D eigenvalue weighted by Crippen LogP contribution is 2.15. The zero-order valence-electron chi connectivity index (χ0n) is 13.9. The number of pyridine rings is 3. The normalized spacial score (nSPS) is 12.0. The van der Waals surface area contributed by atoms with Gasteiger partial charge in [0.25, 0.3) is 0 Å². The van der Waals surface area contributed by atoms with Crippen molar-refractivity contribution in [2.45, 2.75) is 6.92 Å². The summed E-state index contributed by atoms with van der Waals surface area (Å²) in [7, 11) is 0. The lowest BCUT2D eigenvalue weighted by atomic mass is 10.1. The van der Waals surface area contributed by atoms with E-state index in [4.69, 9.17) is 4.99 Å². The van der Waals surface area contributed by atoms with Crippen molar-refractivity contribution in [1.29, 1.82) is 0 Å². The highest BCUT2D eigenvalue weighted by molar-refractivity contribution is 6.12.